The van der Waals surface area contributed by atoms with Crippen molar-refractivity contribution in [1.29, 1.82) is 0 Å². The number of anilines is 1. The fourth-order valence-electron chi connectivity index (χ4n) is 3.37. The molecule has 0 saturated carbocycles. The minimum Gasteiger partial charge on any atom is -0.356 e. The zero-order valence-electron chi connectivity index (χ0n) is 16.8. The largest absolute Gasteiger partial charge is 0.356 e. The number of nitrogens with zero attached hydrogens (tertiary/aromatic N) is 5. The summed E-state index contributed by atoms with van der Waals surface area (Å²) >= 11 is 1.55. The van der Waals surface area contributed by atoms with Crippen LogP contribution < -0.4 is 10.2 Å². The molecule has 1 aliphatic rings. The van der Waals surface area contributed by atoms with E-state index in [1.807, 2.05) is 17.1 Å². The normalized spacial score (nSPS) is 15.3. The molecule has 3 rings (SSSR count). The van der Waals surface area contributed by atoms with Crippen molar-refractivity contribution in [2.45, 2.75) is 58.2 Å². The lowest BCUT2D eigenvalue weighted by molar-refractivity contribution is -0.122. The standard InChI is InChI=1S/C19H30N6OS/c1-19(2,3)12-15(26)20-8-11-25-17-14(13-21-25)16(22-18(23-17)27-4)24-9-6-5-7-10-24/h13H,5-12H2,1-4H3,(H,20,26). The first-order valence-electron chi connectivity index (χ1n) is 9.66. The van der Waals surface area contributed by atoms with Crippen LogP contribution in [0, 0.1) is 5.41 Å². The van der Waals surface area contributed by atoms with Crippen molar-refractivity contribution in [2.24, 2.45) is 5.41 Å². The quantitative estimate of drug-likeness (QED) is 0.603. The van der Waals surface area contributed by atoms with Gasteiger partial charge in [0.05, 0.1) is 18.1 Å². The molecule has 1 amide bonds. The van der Waals surface area contributed by atoms with E-state index in [9.17, 15) is 4.79 Å². The molecule has 0 unspecified atom stereocenters. The lowest BCUT2D eigenvalue weighted by Gasteiger charge is -2.28. The first-order valence-corrected chi connectivity index (χ1v) is 10.9. The van der Waals surface area contributed by atoms with Gasteiger partial charge in [-0.2, -0.15) is 5.10 Å². The van der Waals surface area contributed by atoms with Crippen molar-refractivity contribution in [1.82, 2.24) is 25.1 Å². The number of rotatable bonds is 6. The van der Waals surface area contributed by atoms with Crippen LogP contribution in [0.2, 0.25) is 0 Å². The minimum atomic E-state index is -0.00764. The Balaban J connectivity index is 1.76. The number of carbonyl (C=O) groups is 1. The topological polar surface area (TPSA) is 75.9 Å². The van der Waals surface area contributed by atoms with Crippen LogP contribution in [0.25, 0.3) is 11.0 Å². The fraction of sp³-hybridized carbons (Fsp3) is 0.684. The predicted molar refractivity (Wildman–Crippen MR) is 110 cm³/mol. The monoisotopic (exact) mass is 390 g/mol. The van der Waals surface area contributed by atoms with Crippen LogP contribution in [0.3, 0.4) is 0 Å². The Morgan fingerprint density at radius 3 is 2.63 bits per heavy atom. The van der Waals surface area contributed by atoms with E-state index in [1.54, 1.807) is 11.8 Å². The van der Waals surface area contributed by atoms with E-state index in [-0.39, 0.29) is 11.3 Å². The molecule has 2 aromatic heterocycles. The number of carbonyl (C=O) groups excluding carboxylic acids is 1. The lowest BCUT2D eigenvalue weighted by atomic mass is 9.92. The second-order valence-corrected chi connectivity index (χ2v) is 9.05. The summed E-state index contributed by atoms with van der Waals surface area (Å²) in [5, 5.41) is 9.28. The van der Waals surface area contributed by atoms with Crippen LogP contribution in [-0.2, 0) is 11.3 Å². The van der Waals surface area contributed by atoms with Gasteiger partial charge in [-0.3, -0.25) is 4.79 Å². The van der Waals surface area contributed by atoms with Gasteiger partial charge in [0.15, 0.2) is 10.8 Å². The molecule has 0 aliphatic carbocycles. The van der Waals surface area contributed by atoms with Crippen LogP contribution in [0.1, 0.15) is 46.5 Å². The van der Waals surface area contributed by atoms with Crippen LogP contribution in [0.4, 0.5) is 5.82 Å². The maximum absolute atomic E-state index is 12.0. The van der Waals surface area contributed by atoms with Gasteiger partial charge < -0.3 is 10.2 Å². The van der Waals surface area contributed by atoms with Crippen molar-refractivity contribution in [3.8, 4) is 0 Å². The molecule has 3 heterocycles. The maximum atomic E-state index is 12.0. The van der Waals surface area contributed by atoms with Gasteiger partial charge in [-0.05, 0) is 30.9 Å². The predicted octanol–water partition coefficient (Wildman–Crippen LogP) is 3.09. The van der Waals surface area contributed by atoms with Gasteiger partial charge in [0.25, 0.3) is 0 Å². The molecule has 7 nitrogen and oxygen atoms in total. The Bertz CT molecular complexity index is 791. The molecule has 0 spiro atoms. The van der Waals surface area contributed by atoms with Crippen LogP contribution in [0.15, 0.2) is 11.4 Å². The van der Waals surface area contributed by atoms with Crippen molar-refractivity contribution in [3.05, 3.63) is 6.20 Å². The van der Waals surface area contributed by atoms with Crippen LogP contribution >= 0.6 is 11.8 Å². The van der Waals surface area contributed by atoms with Crippen molar-refractivity contribution < 1.29 is 4.79 Å². The Hall–Kier alpha value is -1.83. The third-order valence-electron chi connectivity index (χ3n) is 4.63. The van der Waals surface area contributed by atoms with Gasteiger partial charge in [-0.25, -0.2) is 14.6 Å². The molecule has 0 radical (unpaired) electrons. The molecule has 2 aromatic rings. The van der Waals surface area contributed by atoms with Crippen LogP contribution in [0.5, 0.6) is 0 Å². The number of hydrogen-bond acceptors (Lipinski definition) is 6. The summed E-state index contributed by atoms with van der Waals surface area (Å²) in [7, 11) is 0. The SMILES string of the molecule is CSc1nc(N2CCCCC2)c2cnn(CCNC(=O)CC(C)(C)C)c2n1. The summed E-state index contributed by atoms with van der Waals surface area (Å²) in [5.41, 5.74) is 0.840. The number of nitrogens with one attached hydrogen (secondary N) is 1. The number of fused-ring (bicyclic) bond motifs is 1. The zero-order chi connectivity index (χ0) is 19.4. The fourth-order valence-corrected chi connectivity index (χ4v) is 3.72. The van der Waals surface area contributed by atoms with Crippen LogP contribution in [-0.4, -0.2) is 51.5 Å². The van der Waals surface area contributed by atoms with Crippen molar-refractivity contribution in [3.63, 3.8) is 0 Å². The molecule has 1 aliphatic heterocycles. The van der Waals surface area contributed by atoms with Gasteiger partial charge in [0.1, 0.15) is 5.82 Å². The molecular weight excluding hydrogens is 360 g/mol. The third-order valence-corrected chi connectivity index (χ3v) is 5.18. The smallest absolute Gasteiger partial charge is 0.220 e. The Morgan fingerprint density at radius 1 is 1.22 bits per heavy atom. The summed E-state index contributed by atoms with van der Waals surface area (Å²) in [5.74, 6) is 1.07. The van der Waals surface area contributed by atoms with Gasteiger partial charge in [-0.15, -0.1) is 0 Å². The summed E-state index contributed by atoms with van der Waals surface area (Å²) in [6.45, 7) is 9.42. The van der Waals surface area contributed by atoms with Gasteiger partial charge >= 0.3 is 0 Å². The Kier molecular flexibility index (Phi) is 6.24. The number of hydrogen-bond donors (Lipinski definition) is 1. The minimum absolute atomic E-state index is 0.00764. The van der Waals surface area contributed by atoms with E-state index >= 15 is 0 Å². The maximum Gasteiger partial charge on any atom is 0.220 e. The first-order chi connectivity index (χ1) is 12.9. The molecular formula is C19H30N6OS. The van der Waals surface area contributed by atoms with E-state index in [0.717, 1.165) is 35.1 Å². The Labute approximate surface area is 165 Å². The second-order valence-electron chi connectivity index (χ2n) is 8.27. The molecule has 148 valence electrons. The zero-order valence-corrected chi connectivity index (χ0v) is 17.6. The lowest BCUT2D eigenvalue weighted by Crippen LogP contribution is -2.31. The Morgan fingerprint density at radius 2 is 1.96 bits per heavy atom. The average molecular weight is 391 g/mol. The molecule has 8 heteroatoms. The molecule has 0 atom stereocenters. The van der Waals surface area contributed by atoms with Gasteiger partial charge in [-0.1, -0.05) is 32.5 Å². The molecule has 0 aromatic carbocycles. The molecule has 1 N–H and O–H groups in total. The molecule has 0 bridgehead atoms. The van der Waals surface area contributed by atoms with Gasteiger partial charge in [0.2, 0.25) is 5.91 Å². The molecule has 1 fully saturated rings. The number of amides is 1. The highest BCUT2D eigenvalue weighted by Crippen LogP contribution is 2.28. The van der Waals surface area contributed by atoms with E-state index in [0.29, 0.717) is 19.5 Å². The highest BCUT2D eigenvalue weighted by Gasteiger charge is 2.20. The molecule has 27 heavy (non-hydrogen) atoms. The summed E-state index contributed by atoms with van der Waals surface area (Å²) in [4.78, 5) is 23.8. The van der Waals surface area contributed by atoms with E-state index in [1.165, 1.54) is 19.3 Å². The van der Waals surface area contributed by atoms with E-state index < -0.39 is 0 Å². The summed E-state index contributed by atoms with van der Waals surface area (Å²) in [6, 6.07) is 0. The first kappa shape index (κ1) is 19.9. The third kappa shape index (κ3) is 5.12. The highest BCUT2D eigenvalue weighted by atomic mass is 32.2. The van der Waals surface area contributed by atoms with Crippen molar-refractivity contribution >= 4 is 34.5 Å². The van der Waals surface area contributed by atoms with E-state index in [4.69, 9.17) is 4.98 Å². The highest BCUT2D eigenvalue weighted by molar-refractivity contribution is 7.98. The number of piperidine rings is 1. The second kappa shape index (κ2) is 8.46. The van der Waals surface area contributed by atoms with E-state index in [2.05, 4.69) is 41.1 Å². The summed E-state index contributed by atoms with van der Waals surface area (Å²) in [6.07, 6.45) is 8.06. The van der Waals surface area contributed by atoms with Crippen molar-refractivity contribution in [2.75, 3.05) is 30.8 Å². The summed E-state index contributed by atoms with van der Waals surface area (Å²) < 4.78 is 1.88. The van der Waals surface area contributed by atoms with Gasteiger partial charge in [0, 0.05) is 26.1 Å². The number of aromatic nitrogens is 4. The number of thioether (sulfide) groups is 1. The average Bonchev–Trinajstić information content (AvgIpc) is 3.03. The molecule has 1 saturated heterocycles.